The number of H-pyrrole nitrogens is 1. The summed E-state index contributed by atoms with van der Waals surface area (Å²) in [6, 6.07) is 2.00. The number of carbonyl (C=O) groups is 1. The van der Waals surface area contributed by atoms with Crippen molar-refractivity contribution in [3.63, 3.8) is 0 Å². The lowest BCUT2D eigenvalue weighted by Gasteiger charge is -2.32. The van der Waals surface area contributed by atoms with Crippen molar-refractivity contribution in [2.75, 3.05) is 12.3 Å². The molecule has 1 amide bonds. The average molecular weight is 331 g/mol. The van der Waals surface area contributed by atoms with E-state index in [9.17, 15) is 10.1 Å². The lowest BCUT2D eigenvalue weighted by atomic mass is 9.77. The normalized spacial score (nSPS) is 19.2. The first-order valence-electron chi connectivity index (χ1n) is 7.62. The van der Waals surface area contributed by atoms with Crippen LogP contribution < -0.4 is 11.1 Å². The van der Waals surface area contributed by atoms with Crippen LogP contribution in [0.5, 0.6) is 0 Å². The largest absolute Gasteiger partial charge is 0.492 e. The predicted octanol–water partition coefficient (Wildman–Crippen LogP) is 1.01. The molecule has 4 N–H and O–H groups in total. The molecule has 9 heteroatoms. The summed E-state index contributed by atoms with van der Waals surface area (Å²) in [5.74, 6) is -0.0569. The van der Waals surface area contributed by atoms with E-state index in [0.717, 1.165) is 0 Å². The summed E-state index contributed by atoms with van der Waals surface area (Å²) in [5, 5.41) is 18.5. The van der Waals surface area contributed by atoms with Gasteiger partial charge in [0.1, 0.15) is 11.6 Å². The molecule has 0 atom stereocenters. The molecule has 0 aromatic carbocycles. The van der Waals surface area contributed by atoms with Crippen molar-refractivity contribution in [1.82, 2.24) is 15.5 Å². The fourth-order valence-electron chi connectivity index (χ4n) is 2.20. The molecule has 0 spiro atoms. The first-order valence-corrected chi connectivity index (χ1v) is 7.62. The van der Waals surface area contributed by atoms with Crippen LogP contribution in [-0.2, 0) is 14.1 Å². The molecule has 128 valence electrons. The van der Waals surface area contributed by atoms with Gasteiger partial charge < -0.3 is 20.4 Å². The summed E-state index contributed by atoms with van der Waals surface area (Å²) in [7, 11) is -0.655. The number of nitrogens with two attached hydrogens (primary N) is 1. The second-order valence-corrected chi connectivity index (χ2v) is 6.73. The van der Waals surface area contributed by atoms with E-state index in [1.165, 1.54) is 6.92 Å². The Morgan fingerprint density at radius 1 is 1.42 bits per heavy atom. The Labute approximate surface area is 141 Å². The van der Waals surface area contributed by atoms with Crippen LogP contribution in [0.25, 0.3) is 6.08 Å². The van der Waals surface area contributed by atoms with Crippen LogP contribution in [0, 0.1) is 11.3 Å². The van der Waals surface area contributed by atoms with E-state index in [0.29, 0.717) is 11.2 Å². The number of nitrogens with zero attached hydrogens (tertiary/aromatic N) is 2. The highest BCUT2D eigenvalue weighted by Crippen LogP contribution is 2.38. The molecule has 1 fully saturated rings. The summed E-state index contributed by atoms with van der Waals surface area (Å²) in [4.78, 5) is 11.3. The first kappa shape index (κ1) is 18.0. The van der Waals surface area contributed by atoms with Gasteiger partial charge in [0.15, 0.2) is 5.82 Å². The van der Waals surface area contributed by atoms with Gasteiger partial charge in [0.25, 0.3) is 0 Å². The summed E-state index contributed by atoms with van der Waals surface area (Å²) in [6.45, 7) is 9.42. The maximum atomic E-state index is 11.3. The highest BCUT2D eigenvalue weighted by molar-refractivity contribution is 6.56. The van der Waals surface area contributed by atoms with Gasteiger partial charge in [-0.3, -0.25) is 9.89 Å². The monoisotopic (exact) mass is 331 g/mol. The Balaban J connectivity index is 2.37. The molecule has 0 unspecified atom stereocenters. The van der Waals surface area contributed by atoms with Crippen molar-refractivity contribution >= 4 is 24.9 Å². The van der Waals surface area contributed by atoms with Gasteiger partial charge in [-0.1, -0.05) is 0 Å². The lowest BCUT2D eigenvalue weighted by molar-refractivity contribution is -0.118. The minimum absolute atomic E-state index is 0.122. The summed E-state index contributed by atoms with van der Waals surface area (Å²) >= 11 is 0. The third-order valence-corrected chi connectivity index (χ3v) is 4.36. The van der Waals surface area contributed by atoms with E-state index in [1.807, 2.05) is 33.8 Å². The molecule has 24 heavy (non-hydrogen) atoms. The van der Waals surface area contributed by atoms with Gasteiger partial charge in [0.05, 0.1) is 16.9 Å². The summed E-state index contributed by atoms with van der Waals surface area (Å²) in [6.07, 6.45) is 1.68. The van der Waals surface area contributed by atoms with Gasteiger partial charge in [0.2, 0.25) is 5.91 Å². The van der Waals surface area contributed by atoms with Gasteiger partial charge in [0, 0.05) is 13.5 Å². The number of rotatable bonds is 4. The maximum absolute atomic E-state index is 11.3. The SMILES string of the molecule is CC(=O)NCC(=Cc1[nH]nc(N)c1C#N)B1OC(C)(C)C(C)(C)O1. The van der Waals surface area contributed by atoms with Crippen LogP contribution in [0.1, 0.15) is 45.9 Å². The zero-order valence-corrected chi connectivity index (χ0v) is 14.6. The minimum atomic E-state index is -0.655. The number of hydrogen-bond donors (Lipinski definition) is 3. The van der Waals surface area contributed by atoms with Gasteiger partial charge in [-0.05, 0) is 39.2 Å². The topological polar surface area (TPSA) is 126 Å². The van der Waals surface area contributed by atoms with Gasteiger partial charge >= 0.3 is 7.12 Å². The van der Waals surface area contributed by atoms with Gasteiger partial charge in [-0.25, -0.2) is 0 Å². The van der Waals surface area contributed by atoms with E-state index < -0.39 is 18.3 Å². The van der Waals surface area contributed by atoms with Crippen LogP contribution in [0.15, 0.2) is 5.47 Å². The van der Waals surface area contributed by atoms with Crippen LogP contribution in [0.3, 0.4) is 0 Å². The zero-order valence-electron chi connectivity index (χ0n) is 14.6. The molecule has 2 rings (SSSR count). The molecule has 0 bridgehead atoms. The Morgan fingerprint density at radius 3 is 2.50 bits per heavy atom. The molecule has 1 saturated heterocycles. The molecule has 2 heterocycles. The molecule has 0 aliphatic carbocycles. The van der Waals surface area contributed by atoms with Gasteiger partial charge in [-0.2, -0.15) is 10.4 Å². The number of hydrogen-bond acceptors (Lipinski definition) is 6. The highest BCUT2D eigenvalue weighted by Gasteiger charge is 2.52. The van der Waals surface area contributed by atoms with Crippen molar-refractivity contribution in [2.45, 2.75) is 45.8 Å². The van der Waals surface area contributed by atoms with Crippen molar-refractivity contribution in [2.24, 2.45) is 0 Å². The summed E-state index contributed by atoms with van der Waals surface area (Å²) < 4.78 is 12.0. The molecular weight excluding hydrogens is 309 g/mol. The smallest absolute Gasteiger partial charge is 0.400 e. The highest BCUT2D eigenvalue weighted by atomic mass is 16.7. The fraction of sp³-hybridized carbons (Fsp3) is 0.533. The lowest BCUT2D eigenvalue weighted by Crippen LogP contribution is -2.41. The van der Waals surface area contributed by atoms with Crippen molar-refractivity contribution in [3.05, 3.63) is 16.7 Å². The number of nitriles is 1. The van der Waals surface area contributed by atoms with Crippen molar-refractivity contribution < 1.29 is 14.1 Å². The number of aromatic nitrogens is 2. The number of aromatic amines is 1. The molecule has 0 saturated carbocycles. The van der Waals surface area contributed by atoms with E-state index in [1.54, 1.807) is 6.08 Å². The quantitative estimate of drug-likeness (QED) is 0.707. The molecule has 1 aromatic heterocycles. The second-order valence-electron chi connectivity index (χ2n) is 6.73. The van der Waals surface area contributed by atoms with Crippen LogP contribution in [0.4, 0.5) is 5.82 Å². The Kier molecular flexibility index (Phi) is 4.74. The standard InChI is InChI=1S/C15H22BN5O3/c1-9(22)19-8-10(6-12-11(7-17)13(18)21-20-12)16-23-14(2,3)15(4,5)24-16/h6H,8H2,1-5H3,(H,19,22)(H3,18,20,21). The fourth-order valence-corrected chi connectivity index (χ4v) is 2.20. The van der Waals surface area contributed by atoms with E-state index >= 15 is 0 Å². The number of nitrogen functional groups attached to an aromatic ring is 1. The maximum Gasteiger partial charge on any atom is 0.492 e. The van der Waals surface area contributed by atoms with E-state index in [-0.39, 0.29) is 23.8 Å². The molecular formula is C15H22BN5O3. The second kappa shape index (κ2) is 6.30. The first-order chi connectivity index (χ1) is 11.1. The Hall–Kier alpha value is -2.31. The Bertz CT molecular complexity index is 701. The molecule has 1 aliphatic rings. The average Bonchev–Trinajstić information content (AvgIpc) is 2.91. The number of carbonyl (C=O) groups excluding carboxylic acids is 1. The van der Waals surface area contributed by atoms with Crippen molar-refractivity contribution in [3.8, 4) is 6.07 Å². The van der Waals surface area contributed by atoms with Gasteiger partial charge in [-0.15, -0.1) is 0 Å². The minimum Gasteiger partial charge on any atom is -0.400 e. The molecule has 8 nitrogen and oxygen atoms in total. The van der Waals surface area contributed by atoms with Crippen LogP contribution >= 0.6 is 0 Å². The number of amides is 1. The van der Waals surface area contributed by atoms with Crippen LogP contribution in [-0.4, -0.2) is 41.0 Å². The third kappa shape index (κ3) is 3.45. The molecule has 0 radical (unpaired) electrons. The zero-order chi connectivity index (χ0) is 18.1. The number of anilines is 1. The van der Waals surface area contributed by atoms with E-state index in [4.69, 9.17) is 15.0 Å². The van der Waals surface area contributed by atoms with Crippen molar-refractivity contribution in [1.29, 1.82) is 5.26 Å². The molecule has 1 aromatic rings. The van der Waals surface area contributed by atoms with E-state index in [2.05, 4.69) is 15.5 Å². The summed E-state index contributed by atoms with van der Waals surface area (Å²) in [5.41, 5.74) is 5.98. The van der Waals surface area contributed by atoms with Crippen LogP contribution in [0.2, 0.25) is 0 Å². The Morgan fingerprint density at radius 2 is 2.00 bits per heavy atom. The molecule has 1 aliphatic heterocycles. The predicted molar refractivity (Wildman–Crippen MR) is 90.5 cm³/mol. The number of nitrogens with one attached hydrogen (secondary N) is 2. The third-order valence-electron chi connectivity index (χ3n) is 4.36.